The van der Waals surface area contributed by atoms with Gasteiger partial charge in [0.1, 0.15) is 11.5 Å². The Morgan fingerprint density at radius 1 is 1.03 bits per heavy atom. The van der Waals surface area contributed by atoms with Crippen molar-refractivity contribution in [1.29, 1.82) is 0 Å². The van der Waals surface area contributed by atoms with Gasteiger partial charge in [-0.1, -0.05) is 36.4 Å². The molecular weight excluding hydrogens is 392 g/mol. The first-order valence-corrected chi connectivity index (χ1v) is 10.3. The molecule has 0 unspecified atom stereocenters. The molecule has 0 bridgehead atoms. The second-order valence-corrected chi connectivity index (χ2v) is 7.51. The highest BCUT2D eigenvalue weighted by Gasteiger charge is 2.22. The Morgan fingerprint density at radius 2 is 1.77 bits per heavy atom. The number of methoxy groups -OCH3 is 2. The number of hydrogen-bond acceptors (Lipinski definition) is 4. The van der Waals surface area contributed by atoms with Gasteiger partial charge in [0, 0.05) is 36.1 Å². The molecule has 0 aliphatic heterocycles. The minimum atomic E-state index is -0.888. The van der Waals surface area contributed by atoms with Crippen molar-refractivity contribution in [3.8, 4) is 11.5 Å². The van der Waals surface area contributed by atoms with Crippen LogP contribution in [0.1, 0.15) is 38.4 Å². The number of nitrogens with zero attached hydrogens (tertiary/aromatic N) is 1. The van der Waals surface area contributed by atoms with Crippen molar-refractivity contribution in [3.63, 3.8) is 0 Å². The van der Waals surface area contributed by atoms with E-state index in [2.05, 4.69) is 22.0 Å². The van der Waals surface area contributed by atoms with Crippen LogP contribution >= 0.6 is 0 Å². The minimum absolute atomic E-state index is 0.392. The van der Waals surface area contributed by atoms with Gasteiger partial charge in [0.15, 0.2) is 0 Å². The lowest BCUT2D eigenvalue weighted by Gasteiger charge is -2.12. The van der Waals surface area contributed by atoms with Gasteiger partial charge >= 0.3 is 5.97 Å². The standard InChI is InChI=1S/C25H30N2O4/c1-17-22(15-26-13-12-20-10-11-21(30-3)14-23(20)31-4)24(25(28)29)18(2)27(17)16-19-8-6-5-7-9-19/h5-11,14,26H,12-13,15-16H2,1-4H3,(H,28,29). The van der Waals surface area contributed by atoms with Crippen molar-refractivity contribution in [2.45, 2.75) is 33.4 Å². The molecule has 0 aliphatic carbocycles. The molecule has 0 radical (unpaired) electrons. The molecule has 0 fully saturated rings. The fourth-order valence-electron chi connectivity index (χ4n) is 3.95. The van der Waals surface area contributed by atoms with E-state index in [1.165, 1.54) is 0 Å². The van der Waals surface area contributed by atoms with Crippen molar-refractivity contribution in [3.05, 3.63) is 82.2 Å². The van der Waals surface area contributed by atoms with Crippen molar-refractivity contribution in [1.82, 2.24) is 9.88 Å². The van der Waals surface area contributed by atoms with Gasteiger partial charge in [0.2, 0.25) is 0 Å². The number of carboxylic acid groups (broad SMARTS) is 1. The summed E-state index contributed by atoms with van der Waals surface area (Å²) in [6, 6.07) is 15.9. The maximum atomic E-state index is 12.0. The molecule has 0 amide bonds. The summed E-state index contributed by atoms with van der Waals surface area (Å²) in [5.74, 6) is 0.653. The molecule has 2 aromatic carbocycles. The quantitative estimate of drug-likeness (QED) is 0.479. The lowest BCUT2D eigenvalue weighted by atomic mass is 10.1. The third kappa shape index (κ3) is 5.09. The van der Waals surface area contributed by atoms with E-state index in [1.807, 2.05) is 50.2 Å². The Labute approximate surface area is 183 Å². The van der Waals surface area contributed by atoms with Crippen LogP contribution in [-0.2, 0) is 19.5 Å². The molecule has 164 valence electrons. The molecule has 0 saturated carbocycles. The third-order valence-corrected chi connectivity index (χ3v) is 5.67. The zero-order chi connectivity index (χ0) is 22.4. The Balaban J connectivity index is 1.73. The Morgan fingerprint density at radius 3 is 2.42 bits per heavy atom. The Bertz CT molecular complexity index is 1040. The lowest BCUT2D eigenvalue weighted by molar-refractivity contribution is 0.0694. The Hall–Kier alpha value is -3.25. The molecular formula is C25H30N2O4. The molecule has 1 heterocycles. The zero-order valence-electron chi connectivity index (χ0n) is 18.6. The smallest absolute Gasteiger partial charge is 0.337 e. The largest absolute Gasteiger partial charge is 0.497 e. The number of carbonyl (C=O) groups is 1. The molecule has 31 heavy (non-hydrogen) atoms. The maximum absolute atomic E-state index is 12.0. The van der Waals surface area contributed by atoms with E-state index >= 15 is 0 Å². The number of benzene rings is 2. The predicted molar refractivity (Wildman–Crippen MR) is 121 cm³/mol. The average Bonchev–Trinajstić information content (AvgIpc) is 3.01. The van der Waals surface area contributed by atoms with Gasteiger partial charge in [0.05, 0.1) is 19.8 Å². The molecule has 0 spiro atoms. The van der Waals surface area contributed by atoms with E-state index < -0.39 is 5.97 Å². The summed E-state index contributed by atoms with van der Waals surface area (Å²) in [5, 5.41) is 13.2. The molecule has 2 N–H and O–H groups in total. The van der Waals surface area contributed by atoms with Gasteiger partial charge in [-0.05, 0) is 44.0 Å². The highest BCUT2D eigenvalue weighted by Crippen LogP contribution is 2.26. The van der Waals surface area contributed by atoms with Gasteiger partial charge in [-0.25, -0.2) is 4.79 Å². The number of aromatic nitrogens is 1. The van der Waals surface area contributed by atoms with Gasteiger partial charge in [-0.3, -0.25) is 0 Å². The van der Waals surface area contributed by atoms with Gasteiger partial charge in [-0.2, -0.15) is 0 Å². The summed E-state index contributed by atoms with van der Waals surface area (Å²) >= 11 is 0. The van der Waals surface area contributed by atoms with E-state index in [9.17, 15) is 9.90 Å². The summed E-state index contributed by atoms with van der Waals surface area (Å²) in [5.41, 5.74) is 5.21. The minimum Gasteiger partial charge on any atom is -0.497 e. The van der Waals surface area contributed by atoms with Crippen LogP contribution in [-0.4, -0.2) is 36.4 Å². The fourth-order valence-corrected chi connectivity index (χ4v) is 3.95. The maximum Gasteiger partial charge on any atom is 0.337 e. The highest BCUT2D eigenvalue weighted by atomic mass is 16.5. The van der Waals surface area contributed by atoms with Crippen LogP contribution < -0.4 is 14.8 Å². The lowest BCUT2D eigenvalue weighted by Crippen LogP contribution is -2.19. The van der Waals surface area contributed by atoms with Crippen LogP contribution in [0.4, 0.5) is 0 Å². The van der Waals surface area contributed by atoms with Crippen molar-refractivity contribution in [2.24, 2.45) is 0 Å². The molecule has 1 aromatic heterocycles. The number of carboxylic acids is 1. The average molecular weight is 423 g/mol. The zero-order valence-corrected chi connectivity index (χ0v) is 18.6. The molecule has 6 nitrogen and oxygen atoms in total. The van der Waals surface area contributed by atoms with E-state index in [-0.39, 0.29) is 0 Å². The number of rotatable bonds is 10. The number of ether oxygens (including phenoxy) is 2. The van der Waals surface area contributed by atoms with Crippen LogP contribution in [0.5, 0.6) is 11.5 Å². The third-order valence-electron chi connectivity index (χ3n) is 5.67. The van der Waals surface area contributed by atoms with Crippen molar-refractivity contribution in [2.75, 3.05) is 20.8 Å². The second-order valence-electron chi connectivity index (χ2n) is 7.51. The van der Waals surface area contributed by atoms with Gasteiger partial charge in [-0.15, -0.1) is 0 Å². The number of aromatic carboxylic acids is 1. The number of nitrogens with one attached hydrogen (secondary N) is 1. The van der Waals surface area contributed by atoms with Crippen molar-refractivity contribution >= 4 is 5.97 Å². The van der Waals surface area contributed by atoms with Crippen molar-refractivity contribution < 1.29 is 19.4 Å². The topological polar surface area (TPSA) is 72.7 Å². The molecule has 0 aliphatic rings. The van der Waals surface area contributed by atoms with Gasteiger partial charge < -0.3 is 24.5 Å². The van der Waals surface area contributed by atoms with Crippen LogP contribution in [0, 0.1) is 13.8 Å². The van der Waals surface area contributed by atoms with E-state index in [1.54, 1.807) is 14.2 Å². The monoisotopic (exact) mass is 422 g/mol. The van der Waals surface area contributed by atoms with Crippen LogP contribution in [0.3, 0.4) is 0 Å². The van der Waals surface area contributed by atoms with Crippen LogP contribution in [0.25, 0.3) is 0 Å². The fraction of sp³-hybridized carbons (Fsp3) is 0.320. The summed E-state index contributed by atoms with van der Waals surface area (Å²) in [6.45, 7) is 5.72. The first kappa shape index (κ1) is 22.4. The molecule has 3 aromatic rings. The summed E-state index contributed by atoms with van der Waals surface area (Å²) in [7, 11) is 3.27. The van der Waals surface area contributed by atoms with E-state index in [4.69, 9.17) is 9.47 Å². The summed E-state index contributed by atoms with van der Waals surface area (Å²) in [4.78, 5) is 12.0. The first-order chi connectivity index (χ1) is 15.0. The SMILES string of the molecule is COc1ccc(CCNCc2c(C(=O)O)c(C)n(Cc3ccccc3)c2C)c(OC)c1. The van der Waals surface area contributed by atoms with E-state index in [0.717, 1.165) is 46.0 Å². The normalized spacial score (nSPS) is 10.8. The molecule has 0 atom stereocenters. The summed E-state index contributed by atoms with van der Waals surface area (Å²) < 4.78 is 12.8. The summed E-state index contributed by atoms with van der Waals surface area (Å²) in [6.07, 6.45) is 0.762. The molecule has 3 rings (SSSR count). The second kappa shape index (κ2) is 10.2. The van der Waals surface area contributed by atoms with Crippen LogP contribution in [0.2, 0.25) is 0 Å². The molecule has 6 heteroatoms. The Kier molecular flexibility index (Phi) is 7.36. The predicted octanol–water partition coefficient (Wildman–Crippen LogP) is 4.20. The van der Waals surface area contributed by atoms with Crippen LogP contribution in [0.15, 0.2) is 48.5 Å². The van der Waals surface area contributed by atoms with E-state index in [0.29, 0.717) is 25.2 Å². The highest BCUT2D eigenvalue weighted by molar-refractivity contribution is 5.91. The molecule has 0 saturated heterocycles. The number of hydrogen-bond donors (Lipinski definition) is 2. The first-order valence-electron chi connectivity index (χ1n) is 10.3. The van der Waals surface area contributed by atoms with Gasteiger partial charge in [0.25, 0.3) is 0 Å².